The van der Waals surface area contributed by atoms with E-state index >= 15 is 0 Å². The summed E-state index contributed by atoms with van der Waals surface area (Å²) in [5.74, 6) is 1.02. The number of benzene rings is 2. The van der Waals surface area contributed by atoms with Gasteiger partial charge in [0, 0.05) is 31.6 Å². The molecule has 0 bridgehead atoms. The van der Waals surface area contributed by atoms with Crippen LogP contribution in [-0.2, 0) is 11.2 Å². The van der Waals surface area contributed by atoms with Gasteiger partial charge < -0.3 is 9.80 Å². The summed E-state index contributed by atoms with van der Waals surface area (Å²) >= 11 is 1.60. The first kappa shape index (κ1) is 20.9. The SMILES string of the molecule is CN(CC1CCCN(CCc2ccc(F)cc2)C1)C(=O)CSc1ccccc1. The van der Waals surface area contributed by atoms with Crippen molar-refractivity contribution < 1.29 is 9.18 Å². The van der Waals surface area contributed by atoms with Gasteiger partial charge in [-0.3, -0.25) is 4.79 Å². The quantitative estimate of drug-likeness (QED) is 0.616. The van der Waals surface area contributed by atoms with E-state index in [1.807, 2.05) is 54.4 Å². The molecule has 0 N–H and O–H groups in total. The molecule has 0 saturated carbocycles. The highest BCUT2D eigenvalue weighted by Gasteiger charge is 2.22. The van der Waals surface area contributed by atoms with Crippen molar-refractivity contribution in [2.24, 2.45) is 5.92 Å². The molecule has 1 aliphatic rings. The fraction of sp³-hybridized carbons (Fsp3) is 0.435. The number of amides is 1. The number of rotatable bonds is 8. The molecule has 0 aliphatic carbocycles. The third-order valence-electron chi connectivity index (χ3n) is 5.30. The predicted octanol–water partition coefficient (Wildman–Crippen LogP) is 4.33. The van der Waals surface area contributed by atoms with Crippen LogP contribution in [-0.4, -0.2) is 54.7 Å². The summed E-state index contributed by atoms with van der Waals surface area (Å²) in [6.45, 7) is 3.95. The van der Waals surface area contributed by atoms with Crippen LogP contribution in [0.4, 0.5) is 4.39 Å². The second-order valence-corrected chi connectivity index (χ2v) is 8.61. The van der Waals surface area contributed by atoms with Crippen molar-refractivity contribution in [3.8, 4) is 0 Å². The zero-order valence-electron chi connectivity index (χ0n) is 16.5. The van der Waals surface area contributed by atoms with Crippen LogP contribution in [0, 0.1) is 11.7 Å². The first-order valence-corrected chi connectivity index (χ1v) is 11.0. The minimum Gasteiger partial charge on any atom is -0.345 e. The van der Waals surface area contributed by atoms with Crippen LogP contribution in [0.2, 0.25) is 0 Å². The van der Waals surface area contributed by atoms with Crippen LogP contribution >= 0.6 is 11.8 Å². The molecule has 2 aromatic rings. The van der Waals surface area contributed by atoms with Gasteiger partial charge in [0.2, 0.25) is 5.91 Å². The first-order valence-electron chi connectivity index (χ1n) is 9.99. The standard InChI is InChI=1S/C23H29FN2OS/c1-25(23(27)18-28-22-7-3-2-4-8-22)16-20-6-5-14-26(17-20)15-13-19-9-11-21(24)12-10-19/h2-4,7-12,20H,5-6,13-18H2,1H3. The maximum Gasteiger partial charge on any atom is 0.232 e. The number of carbonyl (C=O) groups is 1. The molecule has 1 aliphatic heterocycles. The lowest BCUT2D eigenvalue weighted by molar-refractivity contribution is -0.127. The second kappa shape index (κ2) is 10.6. The topological polar surface area (TPSA) is 23.6 Å². The summed E-state index contributed by atoms with van der Waals surface area (Å²) in [6.07, 6.45) is 3.29. The van der Waals surface area contributed by atoms with Crippen molar-refractivity contribution in [3.63, 3.8) is 0 Å². The van der Waals surface area contributed by atoms with Crippen LogP contribution in [0.15, 0.2) is 59.5 Å². The van der Waals surface area contributed by atoms with E-state index in [2.05, 4.69) is 4.90 Å². The van der Waals surface area contributed by atoms with Crippen LogP contribution in [0.3, 0.4) is 0 Å². The minimum absolute atomic E-state index is 0.181. The van der Waals surface area contributed by atoms with Crippen LogP contribution in [0.1, 0.15) is 18.4 Å². The Morgan fingerprint density at radius 2 is 1.93 bits per heavy atom. The lowest BCUT2D eigenvalue weighted by Gasteiger charge is -2.34. The molecule has 150 valence electrons. The number of carbonyl (C=O) groups excluding carboxylic acids is 1. The minimum atomic E-state index is -0.181. The van der Waals surface area contributed by atoms with E-state index in [-0.39, 0.29) is 11.7 Å². The molecule has 3 rings (SSSR count). The third-order valence-corrected chi connectivity index (χ3v) is 6.29. The van der Waals surface area contributed by atoms with E-state index in [4.69, 9.17) is 0 Å². The van der Waals surface area contributed by atoms with Crippen molar-refractivity contribution in [2.45, 2.75) is 24.2 Å². The largest absolute Gasteiger partial charge is 0.345 e. The number of hydrogen-bond donors (Lipinski definition) is 0. The Kier molecular flexibility index (Phi) is 7.92. The predicted molar refractivity (Wildman–Crippen MR) is 114 cm³/mol. The van der Waals surface area contributed by atoms with E-state index in [9.17, 15) is 9.18 Å². The molecule has 1 atom stereocenters. The maximum absolute atomic E-state index is 13.0. The number of halogens is 1. The number of likely N-dealkylation sites (tertiary alicyclic amines) is 1. The Morgan fingerprint density at radius 3 is 2.68 bits per heavy atom. The highest BCUT2D eigenvalue weighted by molar-refractivity contribution is 8.00. The van der Waals surface area contributed by atoms with Crippen molar-refractivity contribution in [2.75, 3.05) is 39.0 Å². The molecule has 28 heavy (non-hydrogen) atoms. The van der Waals surface area contributed by atoms with Crippen LogP contribution < -0.4 is 0 Å². The van der Waals surface area contributed by atoms with Gasteiger partial charge in [0.05, 0.1) is 5.75 Å². The average Bonchev–Trinajstić information content (AvgIpc) is 2.72. The molecule has 3 nitrogen and oxygen atoms in total. The fourth-order valence-corrected chi connectivity index (χ4v) is 4.56. The molecular formula is C23H29FN2OS. The van der Waals surface area contributed by atoms with E-state index in [0.29, 0.717) is 11.7 Å². The summed E-state index contributed by atoms with van der Waals surface area (Å²) in [7, 11) is 1.92. The summed E-state index contributed by atoms with van der Waals surface area (Å²) in [5, 5.41) is 0. The summed E-state index contributed by atoms with van der Waals surface area (Å²) < 4.78 is 13.0. The van der Waals surface area contributed by atoms with Gasteiger partial charge in [0.1, 0.15) is 5.82 Å². The number of nitrogens with zero attached hydrogens (tertiary/aromatic N) is 2. The first-order chi connectivity index (χ1) is 13.6. The lowest BCUT2D eigenvalue weighted by atomic mass is 9.97. The van der Waals surface area contributed by atoms with Gasteiger partial charge >= 0.3 is 0 Å². The average molecular weight is 401 g/mol. The highest BCUT2D eigenvalue weighted by atomic mass is 32.2. The molecule has 5 heteroatoms. The summed E-state index contributed by atoms with van der Waals surface area (Å²) in [4.78, 5) is 18.0. The highest BCUT2D eigenvalue weighted by Crippen LogP contribution is 2.20. The van der Waals surface area contributed by atoms with Crippen molar-refractivity contribution >= 4 is 17.7 Å². The zero-order valence-corrected chi connectivity index (χ0v) is 17.3. The van der Waals surface area contributed by atoms with Gasteiger partial charge in [0.15, 0.2) is 0 Å². The normalized spacial score (nSPS) is 17.4. The van der Waals surface area contributed by atoms with E-state index in [1.54, 1.807) is 11.8 Å². The zero-order chi connectivity index (χ0) is 19.8. The van der Waals surface area contributed by atoms with Gasteiger partial charge in [-0.1, -0.05) is 30.3 Å². The Hall–Kier alpha value is -1.85. The molecule has 1 saturated heterocycles. The molecule has 2 aromatic carbocycles. The number of piperidine rings is 1. The molecule has 1 amide bonds. The maximum atomic E-state index is 13.0. The van der Waals surface area contributed by atoms with E-state index in [1.165, 1.54) is 30.5 Å². The Bertz CT molecular complexity index is 738. The number of hydrogen-bond acceptors (Lipinski definition) is 3. The van der Waals surface area contributed by atoms with Gasteiger partial charge in [-0.2, -0.15) is 0 Å². The molecular weight excluding hydrogens is 371 g/mol. The Morgan fingerprint density at radius 1 is 1.18 bits per heavy atom. The second-order valence-electron chi connectivity index (χ2n) is 7.56. The van der Waals surface area contributed by atoms with Crippen molar-refractivity contribution in [1.29, 1.82) is 0 Å². The van der Waals surface area contributed by atoms with E-state index < -0.39 is 0 Å². The molecule has 0 spiro atoms. The van der Waals surface area contributed by atoms with Crippen molar-refractivity contribution in [1.82, 2.24) is 9.80 Å². The number of thioether (sulfide) groups is 1. The van der Waals surface area contributed by atoms with E-state index in [0.717, 1.165) is 37.5 Å². The summed E-state index contributed by atoms with van der Waals surface area (Å²) in [6, 6.07) is 16.9. The fourth-order valence-electron chi connectivity index (χ4n) is 3.70. The smallest absolute Gasteiger partial charge is 0.232 e. The lowest BCUT2D eigenvalue weighted by Crippen LogP contribution is -2.42. The van der Waals surface area contributed by atoms with Gasteiger partial charge in [0.25, 0.3) is 0 Å². The van der Waals surface area contributed by atoms with Gasteiger partial charge in [-0.15, -0.1) is 11.8 Å². The van der Waals surface area contributed by atoms with Gasteiger partial charge in [-0.05, 0) is 61.6 Å². The Balaban J connectivity index is 1.40. The molecule has 1 fully saturated rings. The Labute approximate surface area is 171 Å². The van der Waals surface area contributed by atoms with Crippen molar-refractivity contribution in [3.05, 3.63) is 66.0 Å². The molecule has 1 heterocycles. The molecule has 0 aromatic heterocycles. The third kappa shape index (κ3) is 6.64. The van der Waals surface area contributed by atoms with Crippen LogP contribution in [0.25, 0.3) is 0 Å². The van der Waals surface area contributed by atoms with Gasteiger partial charge in [-0.25, -0.2) is 4.39 Å². The molecule has 0 radical (unpaired) electrons. The van der Waals surface area contributed by atoms with Crippen LogP contribution in [0.5, 0.6) is 0 Å². The summed E-state index contributed by atoms with van der Waals surface area (Å²) in [5.41, 5.74) is 1.17. The monoisotopic (exact) mass is 400 g/mol. The molecule has 1 unspecified atom stereocenters.